The van der Waals surface area contributed by atoms with E-state index in [1.54, 1.807) is 0 Å². The predicted molar refractivity (Wildman–Crippen MR) is 242 cm³/mol. The average molecular weight is 1160 g/mol. The quantitative estimate of drug-likeness (QED) is 0.0270. The van der Waals surface area contributed by atoms with Crippen molar-refractivity contribution in [3.8, 4) is 0 Å². The van der Waals surface area contributed by atoms with Gasteiger partial charge in [0, 0.05) is 7.11 Å². The molecule has 39 nitrogen and oxygen atoms in total. The zero-order valence-electron chi connectivity index (χ0n) is 38.6. The van der Waals surface area contributed by atoms with Gasteiger partial charge in [-0.05, 0) is 0 Å². The van der Waals surface area contributed by atoms with E-state index in [0.717, 1.165) is 30.7 Å². The lowest BCUT2D eigenvalue weighted by atomic mass is 10.0. The summed E-state index contributed by atoms with van der Waals surface area (Å²) < 4.78 is 116. The van der Waals surface area contributed by atoms with Gasteiger partial charge in [-0.3, -0.25) is 51.4 Å². The van der Waals surface area contributed by atoms with E-state index in [2.05, 4.69) is 48.5 Å². The monoisotopic (exact) mass is 1160 g/mol. The van der Waals surface area contributed by atoms with Crippen LogP contribution >= 0.6 is 31.3 Å². The highest BCUT2D eigenvalue weighted by molar-refractivity contribution is 7.66. The Balaban J connectivity index is 0.810. The van der Waals surface area contributed by atoms with E-state index in [0.29, 0.717) is 0 Å². The number of nitrogen functional groups attached to an aromatic ring is 3. The molecule has 4 aliphatic heterocycles. The fourth-order valence-electron chi connectivity index (χ4n) is 8.95. The predicted octanol–water partition coefficient (Wildman–Crippen LogP) is -4.30. The van der Waals surface area contributed by atoms with E-state index in [9.17, 15) is 62.7 Å². The maximum absolute atomic E-state index is 13.7. The number of aliphatic hydroxyl groups is 3. The summed E-state index contributed by atoms with van der Waals surface area (Å²) in [5, 5.41) is 32.9. The van der Waals surface area contributed by atoms with Gasteiger partial charge in [-0.2, -0.15) is 13.6 Å². The summed E-state index contributed by atoms with van der Waals surface area (Å²) in [4.78, 5) is 96.3. The van der Waals surface area contributed by atoms with Crippen LogP contribution < -0.4 is 32.9 Å². The summed E-state index contributed by atoms with van der Waals surface area (Å²) in [6.07, 6.45) is -12.8. The first-order valence-electron chi connectivity index (χ1n) is 21.6. The molecule has 2 bridgehead atoms. The number of phosphoric ester groups is 3. The lowest BCUT2D eigenvalue weighted by molar-refractivity contribution is -0.752. The molecular weight excluding hydrogens is 1110 g/mol. The van der Waals surface area contributed by atoms with Crippen molar-refractivity contribution in [2.24, 2.45) is 7.05 Å². The number of hydrogen-bond donors (Lipinski definition) is 12. The van der Waals surface area contributed by atoms with E-state index in [1.165, 1.54) is 27.1 Å². The van der Waals surface area contributed by atoms with Crippen LogP contribution in [0.5, 0.6) is 0 Å². The fraction of sp³-hybridized carbons (Fsp3) is 0.545. The highest BCUT2D eigenvalue weighted by Gasteiger charge is 2.64. The molecule has 16 atom stereocenters. The molecule has 76 heavy (non-hydrogen) atoms. The van der Waals surface area contributed by atoms with Crippen molar-refractivity contribution < 1.29 is 108 Å². The van der Waals surface area contributed by atoms with Crippen molar-refractivity contribution >= 4 is 82.5 Å². The topological polar surface area (TPSA) is 551 Å². The first-order chi connectivity index (χ1) is 35.7. The number of nitrogens with zero attached hydrogens (tertiary/aromatic N) is 10. The fourth-order valence-corrected chi connectivity index (χ4v) is 13.5. The van der Waals surface area contributed by atoms with Crippen LogP contribution in [0.4, 0.5) is 17.7 Å². The van der Waals surface area contributed by atoms with E-state index >= 15 is 0 Å². The molecule has 0 radical (unpaired) electrons. The molecule has 0 aromatic carbocycles. The molecule has 10 heterocycles. The number of nitrogens with two attached hydrogens (primary N) is 3. The average Bonchev–Trinajstić information content (AvgIpc) is 4.23. The third-order valence-corrected chi connectivity index (χ3v) is 17.5. The first-order valence-corrected chi connectivity index (χ1v) is 27.6. The molecule has 4 fully saturated rings. The van der Waals surface area contributed by atoms with E-state index < -0.39 is 142 Å². The second-order valence-electron chi connectivity index (χ2n) is 17.2. The second kappa shape index (κ2) is 19.6. The molecule has 0 amide bonds. The van der Waals surface area contributed by atoms with Crippen molar-refractivity contribution in [3.05, 3.63) is 46.0 Å². The van der Waals surface area contributed by atoms with Gasteiger partial charge in [0.05, 0.1) is 46.1 Å². The molecule has 414 valence electrons. The van der Waals surface area contributed by atoms with Crippen molar-refractivity contribution in [2.45, 2.75) is 73.1 Å². The van der Waals surface area contributed by atoms with Gasteiger partial charge in [0.25, 0.3) is 17.1 Å². The number of ether oxygens (including phenoxy) is 5. The maximum atomic E-state index is 13.7. The van der Waals surface area contributed by atoms with Crippen molar-refractivity contribution in [2.75, 3.05) is 50.7 Å². The van der Waals surface area contributed by atoms with Gasteiger partial charge in [0.1, 0.15) is 66.3 Å². The van der Waals surface area contributed by atoms with Crippen LogP contribution in [0.2, 0.25) is 0 Å². The van der Waals surface area contributed by atoms with Gasteiger partial charge in [0.15, 0.2) is 41.4 Å². The molecule has 0 saturated carbocycles. The molecule has 6 aromatic rings. The van der Waals surface area contributed by atoms with Gasteiger partial charge in [-0.1, -0.05) is 4.98 Å². The van der Waals surface area contributed by atoms with Crippen LogP contribution in [-0.4, -0.2) is 176 Å². The largest absolute Gasteiger partial charge is 0.490 e. The molecule has 0 spiro atoms. The molecule has 43 heteroatoms. The Morgan fingerprint density at radius 3 is 2.13 bits per heavy atom. The number of phosphoric acid groups is 4. The molecule has 10 rings (SSSR count). The third-order valence-electron chi connectivity index (χ3n) is 12.3. The standard InChI is InChI=1S/C33H43N15O24P4/c1-45-10-48(25-15(45)27(53)44-32(36)42-25)30-20-21(51)33(69-30,5-63-20)6-66-75(58,59)72-76(60,61)71-74(56,57)65-4-12-18(19(62-2)29(68-12)46-8-39-13-22(34)37-7-38-23(13)46)70-73(54,55)64-3-11-16(49)17(50)28(67-11)47-9-40-14-24(47)41-31(35)43-26(14)52/h7-12,16-21,28-30,49-51H,3-6H2,1-2H3,(H11-,34,35,36,37,38,41,42,43,44,52,53,54,55,56,57,58,59,60,61)/p+1/t11-,12-,16+,17?,18+,19?,20?,21-,28-,29-,30-,33-/m1/s1. The summed E-state index contributed by atoms with van der Waals surface area (Å²) in [6.45, 7) is -3.77. The molecule has 4 aliphatic rings. The Morgan fingerprint density at radius 2 is 1.41 bits per heavy atom. The van der Waals surface area contributed by atoms with Gasteiger partial charge >= 0.3 is 36.9 Å². The SMILES string of the molecule is COC1[C@@H](OP(=O)(O)OC[C@H]2O[C@@H](n3cnc4c(=O)[nH]c(N)nc43)C(O)[C@H]2O)[C@@H](COP(=O)(O)OP(=O)(O)OP(=O)(O)OC[C@@]23COC([C@H]([n+]4cn(C)c5c(=O)[nH]c(N)nc54)O2)[C@H]3O)O[C@H]1n1cnc2c(N)ncnc21. The van der Waals surface area contributed by atoms with Gasteiger partial charge in [0.2, 0.25) is 17.7 Å². The van der Waals surface area contributed by atoms with Crippen LogP contribution in [0.3, 0.4) is 0 Å². The highest BCUT2D eigenvalue weighted by Crippen LogP contribution is 2.68. The number of aliphatic hydroxyl groups excluding tert-OH is 3. The highest BCUT2D eigenvalue weighted by atomic mass is 31.3. The summed E-state index contributed by atoms with van der Waals surface area (Å²) in [5.41, 5.74) is 13.8. The Hall–Kier alpha value is -5.15. The number of anilines is 3. The van der Waals surface area contributed by atoms with Crippen LogP contribution in [0.15, 0.2) is 34.9 Å². The Labute approximate surface area is 420 Å². The van der Waals surface area contributed by atoms with E-state index in [1.807, 2.05) is 0 Å². The maximum Gasteiger partial charge on any atom is 0.490 e. The Kier molecular flexibility index (Phi) is 14.0. The van der Waals surface area contributed by atoms with Crippen LogP contribution in [0, 0.1) is 0 Å². The van der Waals surface area contributed by atoms with Gasteiger partial charge < -0.3 is 75.8 Å². The van der Waals surface area contributed by atoms with Crippen LogP contribution in [-0.2, 0) is 75.7 Å². The van der Waals surface area contributed by atoms with Crippen LogP contribution in [0.1, 0.15) is 18.7 Å². The summed E-state index contributed by atoms with van der Waals surface area (Å²) in [6, 6.07) is 0. The Morgan fingerprint density at radius 1 is 0.776 bits per heavy atom. The number of H-pyrrole nitrogens is 2. The lowest BCUT2D eigenvalue weighted by Gasteiger charge is -2.29. The summed E-state index contributed by atoms with van der Waals surface area (Å²) >= 11 is 0. The van der Waals surface area contributed by atoms with E-state index in [-0.39, 0.29) is 51.2 Å². The minimum absolute atomic E-state index is 0.00568. The zero-order chi connectivity index (χ0) is 54.6. The van der Waals surface area contributed by atoms with Crippen LogP contribution in [0.25, 0.3) is 33.5 Å². The van der Waals surface area contributed by atoms with E-state index in [4.69, 9.17) is 59.0 Å². The third kappa shape index (κ3) is 10.0. The summed E-state index contributed by atoms with van der Waals surface area (Å²) in [5.74, 6) is -0.650. The number of aryl methyl sites for hydroxylation is 1. The molecule has 15 N–H and O–H groups in total. The molecule has 7 unspecified atom stereocenters. The summed E-state index contributed by atoms with van der Waals surface area (Å²) in [7, 11) is -20.8. The molecule has 6 aromatic heterocycles. The van der Waals surface area contributed by atoms with Crippen molar-refractivity contribution in [3.63, 3.8) is 0 Å². The number of rotatable bonds is 19. The van der Waals surface area contributed by atoms with Gasteiger partial charge in [-0.15, -0.1) is 0 Å². The number of hydrogen-bond acceptors (Lipinski definition) is 29. The normalized spacial score (nSPS) is 31.8. The number of imidazole rings is 3. The first kappa shape index (κ1) is 54.2. The minimum Gasteiger partial charge on any atom is -0.387 e. The molecule has 0 aliphatic carbocycles. The molecular formula is C33H44N15O24P4+. The van der Waals surface area contributed by atoms with Crippen molar-refractivity contribution in [1.29, 1.82) is 0 Å². The number of aromatic nitrogens is 12. The Bertz CT molecular complexity index is 3560. The van der Waals surface area contributed by atoms with Gasteiger partial charge in [-0.25, -0.2) is 42.8 Å². The smallest absolute Gasteiger partial charge is 0.387 e. The number of aromatic amines is 2. The zero-order valence-corrected chi connectivity index (χ0v) is 42.1. The molecule has 4 saturated heterocycles. The second-order valence-corrected chi connectivity index (χ2v) is 23.2. The minimum atomic E-state index is -6.19. The number of methoxy groups -OCH3 is 1. The number of nitrogens with one attached hydrogen (secondary N) is 2. The van der Waals surface area contributed by atoms with Crippen molar-refractivity contribution in [1.82, 2.24) is 53.6 Å². The number of fused-ring (bicyclic) bond motifs is 5. The lowest BCUT2D eigenvalue weighted by Crippen LogP contribution is -2.50.